The Morgan fingerprint density at radius 2 is 2.11 bits per heavy atom. The molecule has 0 radical (unpaired) electrons. The van der Waals surface area contributed by atoms with Gasteiger partial charge in [-0.1, -0.05) is 24.6 Å². The van der Waals surface area contributed by atoms with Crippen molar-refractivity contribution in [2.75, 3.05) is 6.54 Å². The van der Waals surface area contributed by atoms with Crippen LogP contribution in [0.25, 0.3) is 0 Å². The molecule has 2 aromatic heterocycles. The second-order valence-corrected chi connectivity index (χ2v) is 4.82. The SMILES string of the molecule is CCNC(c1ccc(C)nc1)c1c(Cl)cnn1CC. The van der Waals surface area contributed by atoms with Gasteiger partial charge in [-0.2, -0.15) is 5.10 Å². The summed E-state index contributed by atoms with van der Waals surface area (Å²) in [7, 11) is 0. The highest BCUT2D eigenvalue weighted by Crippen LogP contribution is 2.28. The van der Waals surface area contributed by atoms with Crippen molar-refractivity contribution in [1.29, 1.82) is 0 Å². The van der Waals surface area contributed by atoms with E-state index in [4.69, 9.17) is 11.6 Å². The zero-order valence-electron chi connectivity index (χ0n) is 11.5. The first kappa shape index (κ1) is 14.0. The van der Waals surface area contributed by atoms with Crippen LogP contribution in [0.4, 0.5) is 0 Å². The number of pyridine rings is 1. The van der Waals surface area contributed by atoms with Crippen LogP contribution in [0.1, 0.15) is 36.8 Å². The van der Waals surface area contributed by atoms with E-state index in [9.17, 15) is 0 Å². The molecule has 2 heterocycles. The van der Waals surface area contributed by atoms with Gasteiger partial charge in [0.2, 0.25) is 0 Å². The van der Waals surface area contributed by atoms with E-state index < -0.39 is 0 Å². The zero-order chi connectivity index (χ0) is 13.8. The van der Waals surface area contributed by atoms with E-state index in [1.165, 1.54) is 0 Å². The molecule has 0 amide bonds. The Morgan fingerprint density at radius 3 is 2.68 bits per heavy atom. The van der Waals surface area contributed by atoms with Crippen LogP contribution < -0.4 is 5.32 Å². The molecule has 1 atom stereocenters. The van der Waals surface area contributed by atoms with Crippen molar-refractivity contribution in [3.8, 4) is 0 Å². The summed E-state index contributed by atoms with van der Waals surface area (Å²) < 4.78 is 1.93. The molecule has 1 N–H and O–H groups in total. The molecule has 0 aromatic carbocycles. The quantitative estimate of drug-likeness (QED) is 0.914. The molecule has 19 heavy (non-hydrogen) atoms. The lowest BCUT2D eigenvalue weighted by Gasteiger charge is -2.20. The standard InChI is InChI=1S/C14H19ClN4/c1-4-16-13(11-7-6-10(3)17-8-11)14-12(15)9-18-19(14)5-2/h6-9,13,16H,4-5H2,1-3H3. The van der Waals surface area contributed by atoms with Crippen LogP contribution in [0, 0.1) is 6.92 Å². The summed E-state index contributed by atoms with van der Waals surface area (Å²) >= 11 is 6.29. The van der Waals surface area contributed by atoms with Gasteiger partial charge in [0.05, 0.1) is 23.0 Å². The van der Waals surface area contributed by atoms with Crippen LogP contribution in [0.5, 0.6) is 0 Å². The largest absolute Gasteiger partial charge is 0.305 e. The summed E-state index contributed by atoms with van der Waals surface area (Å²) in [4.78, 5) is 4.36. The molecule has 0 fully saturated rings. The van der Waals surface area contributed by atoms with Gasteiger partial charge < -0.3 is 5.32 Å². The van der Waals surface area contributed by atoms with Crippen molar-refractivity contribution < 1.29 is 0 Å². The van der Waals surface area contributed by atoms with Gasteiger partial charge in [0.1, 0.15) is 0 Å². The number of nitrogens with zero attached hydrogens (tertiary/aromatic N) is 3. The Balaban J connectivity index is 2.44. The normalized spacial score (nSPS) is 12.6. The van der Waals surface area contributed by atoms with Gasteiger partial charge in [0.15, 0.2) is 0 Å². The molecule has 0 aliphatic carbocycles. The maximum absolute atomic E-state index is 6.29. The van der Waals surface area contributed by atoms with E-state index in [0.29, 0.717) is 5.02 Å². The fraction of sp³-hybridized carbons (Fsp3) is 0.429. The molecule has 4 nitrogen and oxygen atoms in total. The van der Waals surface area contributed by atoms with Crippen LogP contribution in [0.3, 0.4) is 0 Å². The summed E-state index contributed by atoms with van der Waals surface area (Å²) in [6.07, 6.45) is 3.60. The third-order valence-electron chi connectivity index (χ3n) is 3.08. The second kappa shape index (κ2) is 6.17. The first-order chi connectivity index (χ1) is 9.17. The van der Waals surface area contributed by atoms with Gasteiger partial charge >= 0.3 is 0 Å². The predicted molar refractivity (Wildman–Crippen MR) is 77.4 cm³/mol. The summed E-state index contributed by atoms with van der Waals surface area (Å²) in [5.41, 5.74) is 3.11. The minimum atomic E-state index is 0.0213. The number of aryl methyl sites for hydroxylation is 2. The Morgan fingerprint density at radius 1 is 1.32 bits per heavy atom. The fourth-order valence-corrected chi connectivity index (χ4v) is 2.39. The van der Waals surface area contributed by atoms with Crippen molar-refractivity contribution in [2.45, 2.75) is 33.4 Å². The Kier molecular flexibility index (Phi) is 4.56. The fourth-order valence-electron chi connectivity index (χ4n) is 2.14. The summed E-state index contributed by atoms with van der Waals surface area (Å²) in [6, 6.07) is 4.12. The van der Waals surface area contributed by atoms with Gasteiger partial charge in [-0.05, 0) is 32.0 Å². The molecular weight excluding hydrogens is 260 g/mol. The van der Waals surface area contributed by atoms with Crippen LogP contribution >= 0.6 is 11.6 Å². The molecule has 0 aliphatic rings. The van der Waals surface area contributed by atoms with Gasteiger partial charge in [-0.25, -0.2) is 0 Å². The maximum Gasteiger partial charge on any atom is 0.0837 e. The first-order valence-electron chi connectivity index (χ1n) is 6.54. The van der Waals surface area contributed by atoms with Crippen molar-refractivity contribution in [3.05, 3.63) is 46.5 Å². The molecule has 1 unspecified atom stereocenters. The second-order valence-electron chi connectivity index (χ2n) is 4.42. The summed E-state index contributed by atoms with van der Waals surface area (Å²) in [5.74, 6) is 0. The van der Waals surface area contributed by atoms with E-state index in [1.54, 1.807) is 6.20 Å². The minimum Gasteiger partial charge on any atom is -0.305 e. The molecule has 2 aromatic rings. The summed E-state index contributed by atoms with van der Waals surface area (Å²) in [6.45, 7) is 7.76. The monoisotopic (exact) mass is 278 g/mol. The predicted octanol–water partition coefficient (Wildman–Crippen LogP) is 2.96. The van der Waals surface area contributed by atoms with E-state index in [0.717, 1.165) is 30.0 Å². The van der Waals surface area contributed by atoms with Gasteiger partial charge in [-0.3, -0.25) is 9.67 Å². The zero-order valence-corrected chi connectivity index (χ0v) is 12.3. The van der Waals surface area contributed by atoms with E-state index in [1.807, 2.05) is 23.9 Å². The van der Waals surface area contributed by atoms with Gasteiger partial charge in [-0.15, -0.1) is 0 Å². The molecule has 0 aliphatic heterocycles. The molecule has 0 saturated carbocycles. The third-order valence-corrected chi connectivity index (χ3v) is 3.37. The minimum absolute atomic E-state index is 0.0213. The first-order valence-corrected chi connectivity index (χ1v) is 6.92. The molecule has 0 spiro atoms. The van der Waals surface area contributed by atoms with Crippen LogP contribution in [-0.2, 0) is 6.54 Å². The van der Waals surface area contributed by atoms with Crippen LogP contribution in [0.15, 0.2) is 24.5 Å². The highest BCUT2D eigenvalue weighted by atomic mass is 35.5. The smallest absolute Gasteiger partial charge is 0.0837 e. The number of hydrogen-bond donors (Lipinski definition) is 1. The third kappa shape index (κ3) is 2.96. The average molecular weight is 279 g/mol. The number of aromatic nitrogens is 3. The van der Waals surface area contributed by atoms with Crippen molar-refractivity contribution in [3.63, 3.8) is 0 Å². The van der Waals surface area contributed by atoms with Gasteiger partial charge in [0.25, 0.3) is 0 Å². The Labute approximate surface area is 118 Å². The van der Waals surface area contributed by atoms with E-state index >= 15 is 0 Å². The lowest BCUT2D eigenvalue weighted by atomic mass is 10.1. The Hall–Kier alpha value is -1.39. The van der Waals surface area contributed by atoms with E-state index in [2.05, 4.69) is 35.3 Å². The molecule has 2 rings (SSSR count). The number of halogens is 1. The highest BCUT2D eigenvalue weighted by molar-refractivity contribution is 6.31. The topological polar surface area (TPSA) is 42.7 Å². The maximum atomic E-state index is 6.29. The Bertz CT molecular complexity index is 533. The number of nitrogens with one attached hydrogen (secondary N) is 1. The van der Waals surface area contributed by atoms with Crippen molar-refractivity contribution >= 4 is 11.6 Å². The average Bonchev–Trinajstić information content (AvgIpc) is 2.78. The molecule has 102 valence electrons. The van der Waals surface area contributed by atoms with Crippen molar-refractivity contribution in [1.82, 2.24) is 20.1 Å². The highest BCUT2D eigenvalue weighted by Gasteiger charge is 2.21. The van der Waals surface area contributed by atoms with Crippen LogP contribution in [-0.4, -0.2) is 21.3 Å². The number of rotatable bonds is 5. The molecule has 5 heteroatoms. The molecule has 0 saturated heterocycles. The number of hydrogen-bond acceptors (Lipinski definition) is 3. The lowest BCUT2D eigenvalue weighted by molar-refractivity contribution is 0.541. The molecular formula is C14H19ClN4. The lowest BCUT2D eigenvalue weighted by Crippen LogP contribution is -2.25. The van der Waals surface area contributed by atoms with Crippen LogP contribution in [0.2, 0.25) is 5.02 Å². The van der Waals surface area contributed by atoms with E-state index in [-0.39, 0.29) is 6.04 Å². The molecule has 0 bridgehead atoms. The van der Waals surface area contributed by atoms with Gasteiger partial charge in [0, 0.05) is 18.4 Å². The van der Waals surface area contributed by atoms with Crippen molar-refractivity contribution in [2.24, 2.45) is 0 Å². The summed E-state index contributed by atoms with van der Waals surface area (Å²) in [5, 5.41) is 8.44.